The fraction of sp³-hybridized carbons (Fsp3) is 0.125. The molecule has 4 heteroatoms. The minimum atomic E-state index is 0.452. The van der Waals surface area contributed by atoms with Gasteiger partial charge in [-0.1, -0.05) is 11.6 Å². The van der Waals surface area contributed by atoms with Crippen LogP contribution in [0.5, 0.6) is 0 Å². The number of aromatic nitrogens is 2. The monoisotopic (exact) mass is 181 g/mol. The van der Waals surface area contributed by atoms with Crippen LogP contribution >= 0.6 is 11.6 Å². The summed E-state index contributed by atoms with van der Waals surface area (Å²) in [6, 6.07) is 3.78. The van der Waals surface area contributed by atoms with Crippen molar-refractivity contribution in [3.63, 3.8) is 0 Å². The third kappa shape index (κ3) is 1.07. The van der Waals surface area contributed by atoms with Crippen LogP contribution in [0.25, 0.3) is 10.9 Å². The molecule has 0 aliphatic rings. The maximum absolute atomic E-state index is 5.94. The molecule has 0 saturated heterocycles. The molecule has 2 rings (SSSR count). The molecule has 3 N–H and O–H groups in total. The maximum atomic E-state index is 5.94. The first-order valence-corrected chi connectivity index (χ1v) is 4.00. The first kappa shape index (κ1) is 7.58. The highest BCUT2D eigenvalue weighted by atomic mass is 35.5. The van der Waals surface area contributed by atoms with Gasteiger partial charge in [0.25, 0.3) is 0 Å². The number of aromatic amines is 1. The number of nitrogens with one attached hydrogen (secondary N) is 1. The van der Waals surface area contributed by atoms with Crippen LogP contribution in [0.4, 0.5) is 0 Å². The van der Waals surface area contributed by atoms with Crippen LogP contribution in [0, 0.1) is 0 Å². The van der Waals surface area contributed by atoms with Crippen molar-refractivity contribution in [3.8, 4) is 0 Å². The van der Waals surface area contributed by atoms with E-state index < -0.39 is 0 Å². The zero-order valence-corrected chi connectivity index (χ0v) is 7.10. The number of benzene rings is 1. The average molecular weight is 182 g/mol. The van der Waals surface area contributed by atoms with Crippen molar-refractivity contribution >= 4 is 22.5 Å². The molecular formula is C8H8ClN3. The van der Waals surface area contributed by atoms with Gasteiger partial charge in [-0.25, -0.2) is 0 Å². The molecule has 2 aromatic rings. The lowest BCUT2D eigenvalue weighted by molar-refractivity contribution is 1.07. The van der Waals surface area contributed by atoms with Gasteiger partial charge in [-0.15, -0.1) is 0 Å². The highest BCUT2D eigenvalue weighted by Crippen LogP contribution is 2.21. The number of H-pyrrole nitrogens is 1. The summed E-state index contributed by atoms with van der Waals surface area (Å²) in [5, 5.41) is 8.46. The normalized spacial score (nSPS) is 10.8. The van der Waals surface area contributed by atoms with Gasteiger partial charge in [0.05, 0.1) is 11.7 Å². The first-order valence-electron chi connectivity index (χ1n) is 3.63. The molecule has 0 aliphatic carbocycles. The Morgan fingerprint density at radius 2 is 2.33 bits per heavy atom. The number of hydrogen-bond acceptors (Lipinski definition) is 2. The Hall–Kier alpha value is -1.06. The van der Waals surface area contributed by atoms with E-state index in [0.717, 1.165) is 16.5 Å². The zero-order chi connectivity index (χ0) is 8.55. The number of rotatable bonds is 1. The lowest BCUT2D eigenvalue weighted by Crippen LogP contribution is -1.96. The van der Waals surface area contributed by atoms with Crippen LogP contribution in [0.3, 0.4) is 0 Å². The van der Waals surface area contributed by atoms with Gasteiger partial charge in [0.1, 0.15) is 0 Å². The maximum Gasteiger partial charge on any atom is 0.0654 e. The van der Waals surface area contributed by atoms with Gasteiger partial charge in [-0.3, -0.25) is 5.10 Å². The molecular weight excluding hydrogens is 174 g/mol. The Bertz CT molecular complexity index is 408. The molecule has 0 amide bonds. The van der Waals surface area contributed by atoms with Gasteiger partial charge in [0, 0.05) is 17.0 Å². The molecule has 0 saturated carbocycles. The van der Waals surface area contributed by atoms with E-state index in [4.69, 9.17) is 17.3 Å². The predicted octanol–water partition coefficient (Wildman–Crippen LogP) is 1.67. The molecule has 0 unspecified atom stereocenters. The van der Waals surface area contributed by atoms with E-state index in [1.165, 1.54) is 0 Å². The second-order valence-electron chi connectivity index (χ2n) is 2.60. The Kier molecular flexibility index (Phi) is 1.75. The lowest BCUT2D eigenvalue weighted by Gasteiger charge is -1.99. The molecule has 1 aromatic heterocycles. The number of nitrogens with two attached hydrogens (primary N) is 1. The fourth-order valence-electron chi connectivity index (χ4n) is 1.16. The number of nitrogens with zero attached hydrogens (tertiary/aromatic N) is 1. The Balaban J connectivity index is 2.73. The summed E-state index contributed by atoms with van der Waals surface area (Å²) in [4.78, 5) is 0. The van der Waals surface area contributed by atoms with Crippen LogP contribution in [-0.4, -0.2) is 10.2 Å². The molecule has 1 aromatic carbocycles. The number of hydrogen-bond donors (Lipinski definition) is 2. The second kappa shape index (κ2) is 2.77. The molecule has 0 spiro atoms. The molecule has 0 aliphatic heterocycles. The van der Waals surface area contributed by atoms with Crippen LogP contribution in [0.15, 0.2) is 18.3 Å². The summed E-state index contributed by atoms with van der Waals surface area (Å²) in [5.41, 5.74) is 7.40. The summed E-state index contributed by atoms with van der Waals surface area (Å²) < 4.78 is 0. The van der Waals surface area contributed by atoms with Crippen molar-refractivity contribution in [2.24, 2.45) is 5.73 Å². The van der Waals surface area contributed by atoms with Crippen molar-refractivity contribution in [2.45, 2.75) is 6.54 Å². The van der Waals surface area contributed by atoms with Crippen LogP contribution in [0.1, 0.15) is 5.56 Å². The van der Waals surface area contributed by atoms with Crippen molar-refractivity contribution in [3.05, 3.63) is 28.9 Å². The molecule has 0 atom stereocenters. The predicted molar refractivity (Wildman–Crippen MR) is 49.0 cm³/mol. The first-order chi connectivity index (χ1) is 5.81. The van der Waals surface area contributed by atoms with Crippen molar-refractivity contribution < 1.29 is 0 Å². The van der Waals surface area contributed by atoms with Crippen molar-refractivity contribution in [1.29, 1.82) is 0 Å². The van der Waals surface area contributed by atoms with Gasteiger partial charge < -0.3 is 5.73 Å². The van der Waals surface area contributed by atoms with Crippen LogP contribution in [-0.2, 0) is 6.54 Å². The van der Waals surface area contributed by atoms with Gasteiger partial charge in [0.15, 0.2) is 0 Å². The van der Waals surface area contributed by atoms with Crippen LogP contribution < -0.4 is 5.73 Å². The quantitative estimate of drug-likeness (QED) is 0.703. The molecule has 0 radical (unpaired) electrons. The van der Waals surface area contributed by atoms with E-state index in [2.05, 4.69) is 10.2 Å². The van der Waals surface area contributed by atoms with Crippen LogP contribution in [0.2, 0.25) is 5.02 Å². The van der Waals surface area contributed by atoms with E-state index in [9.17, 15) is 0 Å². The number of halogens is 1. The smallest absolute Gasteiger partial charge is 0.0654 e. The lowest BCUT2D eigenvalue weighted by atomic mass is 10.2. The summed E-state index contributed by atoms with van der Waals surface area (Å²) in [6.45, 7) is 0.452. The third-order valence-corrected chi connectivity index (χ3v) is 2.18. The van der Waals surface area contributed by atoms with Gasteiger partial charge in [-0.2, -0.15) is 5.10 Å². The topological polar surface area (TPSA) is 54.7 Å². The minimum Gasteiger partial charge on any atom is -0.326 e. The summed E-state index contributed by atoms with van der Waals surface area (Å²) in [7, 11) is 0. The van der Waals surface area contributed by atoms with E-state index in [1.807, 2.05) is 12.1 Å². The Morgan fingerprint density at radius 1 is 1.50 bits per heavy atom. The third-order valence-electron chi connectivity index (χ3n) is 1.83. The van der Waals surface area contributed by atoms with Gasteiger partial charge >= 0.3 is 0 Å². The SMILES string of the molecule is NCc1cc2[nH]ncc2cc1Cl. The minimum absolute atomic E-state index is 0.452. The molecule has 1 heterocycles. The highest BCUT2D eigenvalue weighted by molar-refractivity contribution is 6.32. The molecule has 62 valence electrons. The Labute approximate surface area is 74.5 Å². The summed E-state index contributed by atoms with van der Waals surface area (Å²) in [5.74, 6) is 0. The van der Waals surface area contributed by atoms with Gasteiger partial charge in [-0.05, 0) is 17.7 Å². The highest BCUT2D eigenvalue weighted by Gasteiger charge is 2.01. The van der Waals surface area contributed by atoms with Crippen molar-refractivity contribution in [2.75, 3.05) is 0 Å². The molecule has 3 nitrogen and oxygen atoms in total. The van der Waals surface area contributed by atoms with E-state index >= 15 is 0 Å². The molecule has 12 heavy (non-hydrogen) atoms. The summed E-state index contributed by atoms with van der Waals surface area (Å²) in [6.07, 6.45) is 1.74. The van der Waals surface area contributed by atoms with Crippen molar-refractivity contribution in [1.82, 2.24) is 10.2 Å². The van der Waals surface area contributed by atoms with E-state index in [1.54, 1.807) is 6.20 Å². The second-order valence-corrected chi connectivity index (χ2v) is 3.01. The average Bonchev–Trinajstić information content (AvgIpc) is 2.49. The van der Waals surface area contributed by atoms with Gasteiger partial charge in [0.2, 0.25) is 0 Å². The zero-order valence-electron chi connectivity index (χ0n) is 6.34. The molecule has 0 fully saturated rings. The standard InChI is InChI=1S/C8H8ClN3/c9-7-1-6-4-11-12-8(6)2-5(7)3-10/h1-2,4H,3,10H2,(H,11,12). The number of fused-ring (bicyclic) bond motifs is 1. The molecule has 0 bridgehead atoms. The summed E-state index contributed by atoms with van der Waals surface area (Å²) >= 11 is 5.94. The Morgan fingerprint density at radius 3 is 3.08 bits per heavy atom. The van der Waals surface area contributed by atoms with E-state index in [0.29, 0.717) is 11.6 Å². The van der Waals surface area contributed by atoms with E-state index in [-0.39, 0.29) is 0 Å². The fourth-order valence-corrected chi connectivity index (χ4v) is 1.41. The largest absolute Gasteiger partial charge is 0.326 e.